The Bertz CT molecular complexity index is 1530. The van der Waals surface area contributed by atoms with E-state index in [0.717, 1.165) is 38.1 Å². The quantitative estimate of drug-likeness (QED) is 0.359. The van der Waals surface area contributed by atoms with Gasteiger partial charge in [0.25, 0.3) is 5.91 Å². The lowest BCUT2D eigenvalue weighted by molar-refractivity contribution is -0.119. The van der Waals surface area contributed by atoms with Gasteiger partial charge in [-0.15, -0.1) is 0 Å². The first-order valence-corrected chi connectivity index (χ1v) is 13.0. The number of likely N-dealkylation sites (N-methyl/N-ethyl adjacent to an activating group) is 1. The molecule has 1 aliphatic heterocycles. The summed E-state index contributed by atoms with van der Waals surface area (Å²) < 4.78 is 17.2. The molecule has 6 rings (SSSR count). The van der Waals surface area contributed by atoms with Crippen molar-refractivity contribution in [2.24, 2.45) is 0 Å². The highest BCUT2D eigenvalue weighted by molar-refractivity contribution is 7.85. The number of amides is 1. The van der Waals surface area contributed by atoms with E-state index >= 15 is 4.57 Å². The van der Waals surface area contributed by atoms with Gasteiger partial charge in [0.05, 0.1) is 0 Å². The molecule has 166 valence electrons. The summed E-state index contributed by atoms with van der Waals surface area (Å²) >= 11 is 0. The summed E-state index contributed by atoms with van der Waals surface area (Å²) in [5, 5.41) is 3.21. The molecule has 4 aromatic carbocycles. The molecule has 0 N–H and O–H groups in total. The van der Waals surface area contributed by atoms with E-state index in [1.54, 1.807) is 4.90 Å². The fourth-order valence-corrected chi connectivity index (χ4v) is 7.94. The second kappa shape index (κ2) is 7.86. The van der Waals surface area contributed by atoms with Crippen LogP contribution in [0, 0.1) is 0 Å². The summed E-state index contributed by atoms with van der Waals surface area (Å²) in [5.74, 6) is 0.00255. The zero-order chi connectivity index (χ0) is 23.3. The molecule has 5 aromatic rings. The molecule has 1 aromatic heterocycles. The summed E-state index contributed by atoms with van der Waals surface area (Å²) in [5.41, 5.74) is 2.76. The van der Waals surface area contributed by atoms with E-state index in [9.17, 15) is 4.79 Å². The predicted octanol–water partition coefficient (Wildman–Crippen LogP) is 4.85. The number of fused-ring (bicyclic) bond motifs is 2. The molecule has 4 nitrogen and oxygen atoms in total. The van der Waals surface area contributed by atoms with Crippen LogP contribution in [0.5, 0.6) is 0 Å². The van der Waals surface area contributed by atoms with Crippen LogP contribution in [0.15, 0.2) is 115 Å². The minimum atomic E-state index is -3.21. The molecule has 1 aliphatic rings. The van der Waals surface area contributed by atoms with Crippen LogP contribution in [-0.2, 0) is 9.36 Å². The molecule has 34 heavy (non-hydrogen) atoms. The summed E-state index contributed by atoms with van der Waals surface area (Å²) in [6.07, 6.45) is 1.95. The first-order valence-electron chi connectivity index (χ1n) is 11.3. The first kappa shape index (κ1) is 20.7. The van der Waals surface area contributed by atoms with Gasteiger partial charge in [0.1, 0.15) is 6.04 Å². The highest BCUT2D eigenvalue weighted by atomic mass is 31.2. The van der Waals surface area contributed by atoms with E-state index in [2.05, 4.69) is 0 Å². The summed E-state index contributed by atoms with van der Waals surface area (Å²) in [6, 6.07) is 34.6. The van der Waals surface area contributed by atoms with Crippen molar-refractivity contribution in [2.45, 2.75) is 6.04 Å². The minimum absolute atomic E-state index is 0.00255. The van der Waals surface area contributed by atoms with Crippen LogP contribution in [0.3, 0.4) is 0 Å². The topological polar surface area (TPSA) is 42.3 Å². The number of benzene rings is 4. The van der Waals surface area contributed by atoms with Crippen LogP contribution < -0.4 is 20.8 Å². The van der Waals surface area contributed by atoms with Gasteiger partial charge in [0.15, 0.2) is 7.14 Å². The Morgan fingerprint density at radius 2 is 1.26 bits per heavy atom. The average Bonchev–Trinajstić information content (AvgIpc) is 3.40. The smallest absolute Gasteiger partial charge is 0.254 e. The number of aromatic nitrogens is 1. The average molecular weight is 462 g/mol. The van der Waals surface area contributed by atoms with E-state index in [0.29, 0.717) is 0 Å². The Morgan fingerprint density at radius 3 is 1.94 bits per heavy atom. The molecule has 0 saturated heterocycles. The highest BCUT2D eigenvalue weighted by Crippen LogP contribution is 2.46. The van der Waals surface area contributed by atoms with Crippen LogP contribution in [0.4, 0.5) is 5.69 Å². The summed E-state index contributed by atoms with van der Waals surface area (Å²) in [4.78, 5) is 15.2. The van der Waals surface area contributed by atoms with Gasteiger partial charge in [0.2, 0.25) is 0 Å². The third kappa shape index (κ3) is 2.92. The zero-order valence-corrected chi connectivity index (χ0v) is 19.6. The van der Waals surface area contributed by atoms with Gasteiger partial charge in [-0.1, -0.05) is 97.1 Å². The third-order valence-corrected chi connectivity index (χ3v) is 9.82. The Morgan fingerprint density at radius 1 is 0.706 bits per heavy atom. The number of carbonyl (C=O) groups is 1. The highest BCUT2D eigenvalue weighted by Gasteiger charge is 2.39. The number of para-hydroxylation sites is 2. The predicted molar refractivity (Wildman–Crippen MR) is 139 cm³/mol. The van der Waals surface area contributed by atoms with Crippen LogP contribution in [0.2, 0.25) is 0 Å². The molecule has 0 radical (unpaired) electrons. The Balaban J connectivity index is 1.66. The number of anilines is 1. The maximum absolute atomic E-state index is 15.1. The fraction of sp³-hybridized carbons (Fsp3) is 0.0690. The van der Waals surface area contributed by atoms with Crippen molar-refractivity contribution in [1.29, 1.82) is 0 Å². The second-order valence-corrected chi connectivity index (χ2v) is 11.3. The molecule has 0 aliphatic carbocycles. The van der Waals surface area contributed by atoms with Crippen molar-refractivity contribution >= 4 is 45.6 Å². The van der Waals surface area contributed by atoms with Gasteiger partial charge < -0.3 is 14.0 Å². The van der Waals surface area contributed by atoms with E-state index in [4.69, 9.17) is 0 Å². The lowest BCUT2D eigenvalue weighted by atomic mass is 10.1. The van der Waals surface area contributed by atoms with Gasteiger partial charge in [-0.3, -0.25) is 4.79 Å². The van der Waals surface area contributed by atoms with Crippen molar-refractivity contribution in [3.63, 3.8) is 0 Å². The van der Waals surface area contributed by atoms with E-state index in [1.165, 1.54) is 0 Å². The van der Waals surface area contributed by atoms with E-state index in [1.807, 2.05) is 127 Å². The largest absolute Gasteiger partial charge is 0.330 e. The minimum Gasteiger partial charge on any atom is -0.330 e. The monoisotopic (exact) mass is 462 g/mol. The Hall–Kier alpha value is -3.88. The molecule has 0 fully saturated rings. The lowest BCUT2D eigenvalue weighted by Crippen LogP contribution is -2.28. The second-order valence-electron chi connectivity index (χ2n) is 8.58. The van der Waals surface area contributed by atoms with E-state index in [-0.39, 0.29) is 5.91 Å². The van der Waals surface area contributed by atoms with Gasteiger partial charge in [-0.05, 0) is 12.1 Å². The van der Waals surface area contributed by atoms with Gasteiger partial charge >= 0.3 is 0 Å². The molecule has 1 atom stereocenters. The molecule has 0 bridgehead atoms. The third-order valence-electron chi connectivity index (χ3n) is 6.73. The molecule has 5 heteroatoms. The number of rotatable bonds is 4. The molecular formula is C29H23N2O2P. The van der Waals surface area contributed by atoms with Crippen LogP contribution in [0.1, 0.15) is 11.6 Å². The standard InChI is InChI=1S/C29H23N2O2P/c1-30-25-18-10-9-17-24(25)28(29(30)32)31-20-27(23-16-8-11-19-26(23)31)34(33,21-12-4-2-5-13-21)22-14-6-3-7-15-22/h2-20,28H,1H3. The van der Waals surface area contributed by atoms with Crippen LogP contribution >= 0.6 is 7.14 Å². The normalized spacial score (nSPS) is 15.6. The zero-order valence-electron chi connectivity index (χ0n) is 18.7. The molecule has 1 unspecified atom stereocenters. The van der Waals surface area contributed by atoms with Crippen molar-refractivity contribution in [1.82, 2.24) is 4.57 Å². The van der Waals surface area contributed by atoms with E-state index < -0.39 is 13.2 Å². The number of hydrogen-bond donors (Lipinski definition) is 0. The molecule has 0 spiro atoms. The molecule has 1 amide bonds. The maximum Gasteiger partial charge on any atom is 0.254 e. The van der Waals surface area contributed by atoms with Crippen LogP contribution in [0.25, 0.3) is 10.9 Å². The van der Waals surface area contributed by atoms with Crippen LogP contribution in [-0.4, -0.2) is 17.5 Å². The lowest BCUT2D eigenvalue weighted by Gasteiger charge is -2.19. The summed E-state index contributed by atoms with van der Waals surface area (Å²) in [7, 11) is -1.39. The van der Waals surface area contributed by atoms with Crippen molar-refractivity contribution < 1.29 is 9.36 Å². The van der Waals surface area contributed by atoms with Crippen molar-refractivity contribution in [2.75, 3.05) is 11.9 Å². The fourth-order valence-electron chi connectivity index (χ4n) is 5.08. The maximum atomic E-state index is 15.1. The molecule has 2 heterocycles. The summed E-state index contributed by atoms with van der Waals surface area (Å²) in [6.45, 7) is 0. The number of carbonyl (C=O) groups excluding carboxylic acids is 1. The first-order chi connectivity index (χ1) is 16.6. The molecular weight excluding hydrogens is 439 g/mol. The Labute approximate surface area is 198 Å². The van der Waals surface area contributed by atoms with Gasteiger partial charge in [-0.2, -0.15) is 0 Å². The number of hydrogen-bond acceptors (Lipinski definition) is 2. The van der Waals surface area contributed by atoms with Crippen molar-refractivity contribution in [3.8, 4) is 0 Å². The molecule has 0 saturated carbocycles. The van der Waals surface area contributed by atoms with Gasteiger partial charge in [-0.25, -0.2) is 0 Å². The SMILES string of the molecule is CN1C(=O)C(n2cc(P(=O)(c3ccccc3)c3ccccc3)c3ccccc32)c2ccccc21. The van der Waals surface area contributed by atoms with Gasteiger partial charge in [0, 0.05) is 51.3 Å². The van der Waals surface area contributed by atoms with Crippen molar-refractivity contribution in [3.05, 3.63) is 121 Å². The number of nitrogens with zero attached hydrogens (tertiary/aromatic N) is 2. The Kier molecular flexibility index (Phi) is 4.79.